The van der Waals surface area contributed by atoms with Crippen LogP contribution in [0.25, 0.3) is 77.5 Å². The highest BCUT2D eigenvalue weighted by atomic mass is 16.7. The monoisotopic (exact) mass is 1620 g/mol. The maximum atomic E-state index is 6.80. The molecule has 0 atom stereocenters. The van der Waals surface area contributed by atoms with E-state index >= 15 is 0 Å². The third-order valence-corrected chi connectivity index (χ3v) is 27.1. The summed E-state index contributed by atoms with van der Waals surface area (Å²) in [4.78, 5) is 0. The van der Waals surface area contributed by atoms with Crippen LogP contribution < -0.4 is 0 Å². The number of hydrogen-bond acceptors (Lipinski definition) is 16. The van der Waals surface area contributed by atoms with Gasteiger partial charge in [-0.3, -0.25) is 0 Å². The van der Waals surface area contributed by atoms with Crippen molar-refractivity contribution in [3.8, 4) is 66.8 Å². The van der Waals surface area contributed by atoms with Crippen molar-refractivity contribution in [2.45, 2.75) is 148 Å². The van der Waals surface area contributed by atoms with Crippen LogP contribution in [0.15, 0.2) is 255 Å². The van der Waals surface area contributed by atoms with Crippen LogP contribution in [-0.2, 0) is 121 Å². The third kappa shape index (κ3) is 17.3. The van der Waals surface area contributed by atoms with E-state index in [0.717, 1.165) is 122 Å². The summed E-state index contributed by atoms with van der Waals surface area (Å²) < 4.78 is 99.5. The summed E-state index contributed by atoms with van der Waals surface area (Å²) in [5.41, 5.74) is 17.4. The lowest BCUT2D eigenvalue weighted by atomic mass is 9.70. The predicted molar refractivity (Wildman–Crippen MR) is 467 cm³/mol. The van der Waals surface area contributed by atoms with Gasteiger partial charge in [0.25, 0.3) is 0 Å². The summed E-state index contributed by atoms with van der Waals surface area (Å²) >= 11 is 0. The number of benzene rings is 11. The first kappa shape index (κ1) is 84.6. The Morgan fingerprint density at radius 1 is 0.150 bits per heavy atom. The molecule has 27 aliphatic rings. The molecule has 0 unspecified atom stereocenters. The lowest BCUT2D eigenvalue weighted by molar-refractivity contribution is -0.203. The van der Waals surface area contributed by atoms with E-state index in [2.05, 4.69) is 255 Å². The van der Waals surface area contributed by atoms with Gasteiger partial charge in [0.1, 0.15) is 54.3 Å². The third-order valence-electron chi connectivity index (χ3n) is 27.1. The molecule has 0 spiro atoms. The molecule has 38 rings (SSSR count). The SMILES string of the molecule is COCOC12CCC(OCOC)(CC1)c1ccc(cc1)-c1ccc3cc(ccc3c1)-c1ccc(cc1)[C@]1(OCOC)CCC(OCOC)(CC1)c1ccc(cc1)-c1ccc(cc1)C1(OCOC)CC[C@](OCOC)(CC1)c1ccc(cc1)-c1ccc(cc1)-c1ccc(cc1)C1(OCOC)CC[C@](OCOC)(CC1)c1ccc(cc1)-c1ccc2cc1. The lowest BCUT2D eigenvalue weighted by Gasteiger charge is -2.46. The van der Waals surface area contributed by atoms with Crippen LogP contribution in [0, 0.1) is 0 Å². The summed E-state index contributed by atoms with van der Waals surface area (Å²) in [5.74, 6) is 0. The van der Waals surface area contributed by atoms with Gasteiger partial charge in [-0.25, -0.2) is 0 Å². The second-order valence-corrected chi connectivity index (χ2v) is 33.3. The van der Waals surface area contributed by atoms with Crippen molar-refractivity contribution in [3.05, 3.63) is 299 Å². The average molecular weight is 1620 g/mol. The van der Waals surface area contributed by atoms with Gasteiger partial charge in [0.05, 0.1) is 44.8 Å². The quantitative estimate of drug-likeness (QED) is 0.0528. The average Bonchev–Trinajstić information content (AvgIpc) is 0.767. The van der Waals surface area contributed by atoms with Crippen molar-refractivity contribution in [3.63, 3.8) is 0 Å². The number of ether oxygens (including phenoxy) is 16. The van der Waals surface area contributed by atoms with Gasteiger partial charge in [-0.15, -0.1) is 0 Å². The number of methoxy groups -OCH3 is 8. The molecule has 4 saturated carbocycles. The van der Waals surface area contributed by atoms with Gasteiger partial charge >= 0.3 is 0 Å². The molecule has 16 nitrogen and oxygen atoms in total. The van der Waals surface area contributed by atoms with Gasteiger partial charge in [-0.2, -0.15) is 0 Å². The maximum Gasteiger partial charge on any atom is 0.147 e. The Labute approximate surface area is 707 Å². The standard InChI is InChI=1S/C104H114O16/c1-105-67-113-97-49-53-99(54-50-97,115-69-107-3)91-37-21-79(22-38-91)81-25-41-93(42-26-81)101(117-71-109-5)57-61-103(62-58-101,119-73-111-7)95-45-29-83(30-46-95)85-13-15-88-66-86(14-16-87(88)65-85)84-31-47-96(48-32-84)104(120-74-112-8)63-59-102(60-64-104,118-72-110-6)94-43-27-82(28-44-94)80-23-39-92(40-24-80)100(116-70-108-4)55-51-98(52-56-100,114-68-106-2)90-35-19-78(20-36-90)76-11-9-75(10-12-76)77-17-33-89(97)34-18-77/h9-48,65-66H,49-64,67-74H2,1-8H3/t97-,98?,99?,100-,101?,102?,103-,104?. The second kappa shape index (κ2) is 37.4. The van der Waals surface area contributed by atoms with Crippen LogP contribution in [0.3, 0.4) is 0 Å². The van der Waals surface area contributed by atoms with E-state index in [1.54, 1.807) is 56.9 Å². The molecule has 16 heteroatoms. The van der Waals surface area contributed by atoms with Gasteiger partial charge in [0, 0.05) is 56.9 Å². The Kier molecular flexibility index (Phi) is 26.4. The zero-order valence-electron chi connectivity index (χ0n) is 70.8. The summed E-state index contributed by atoms with van der Waals surface area (Å²) in [6.07, 6.45) is 11.3. The van der Waals surface area contributed by atoms with Crippen molar-refractivity contribution in [2.75, 3.05) is 111 Å². The van der Waals surface area contributed by atoms with Crippen molar-refractivity contribution in [1.82, 2.24) is 0 Å². The highest BCUT2D eigenvalue weighted by Crippen LogP contribution is 2.56. The van der Waals surface area contributed by atoms with E-state index in [0.29, 0.717) is 103 Å². The van der Waals surface area contributed by atoms with Crippen LogP contribution in [0.5, 0.6) is 0 Å². The molecule has 626 valence electrons. The fraction of sp³-hybridized carbons (Fsp3) is 0.385. The van der Waals surface area contributed by atoms with Crippen molar-refractivity contribution >= 4 is 10.8 Å². The van der Waals surface area contributed by atoms with Crippen molar-refractivity contribution < 1.29 is 75.8 Å². The number of rotatable bonds is 24. The van der Waals surface area contributed by atoms with E-state index < -0.39 is 44.8 Å². The molecule has 27 aliphatic carbocycles. The number of hydrogen-bond donors (Lipinski definition) is 0. The Morgan fingerprint density at radius 3 is 0.383 bits per heavy atom. The zero-order chi connectivity index (χ0) is 82.7. The van der Waals surface area contributed by atoms with Gasteiger partial charge in [-0.05, 0) is 237 Å². The molecule has 0 saturated heterocycles. The molecule has 0 heterocycles. The smallest absolute Gasteiger partial charge is 0.147 e. The van der Waals surface area contributed by atoms with Crippen molar-refractivity contribution in [1.29, 1.82) is 0 Å². The van der Waals surface area contributed by atoms with Gasteiger partial charge in [0.2, 0.25) is 0 Å². The molecule has 30 bridgehead atoms. The molecule has 0 aliphatic heterocycles. The molecular weight excluding hydrogens is 1510 g/mol. The first-order valence-corrected chi connectivity index (χ1v) is 42.3. The summed E-state index contributed by atoms with van der Waals surface area (Å²) in [7, 11) is 13.5. The fourth-order valence-electron chi connectivity index (χ4n) is 19.9. The summed E-state index contributed by atoms with van der Waals surface area (Å²) in [6, 6.07) is 93.4. The van der Waals surface area contributed by atoms with Crippen LogP contribution in [-0.4, -0.2) is 111 Å². The highest BCUT2D eigenvalue weighted by Gasteiger charge is 2.51. The highest BCUT2D eigenvalue weighted by molar-refractivity contribution is 5.91. The van der Waals surface area contributed by atoms with Gasteiger partial charge in [0.15, 0.2) is 0 Å². The molecule has 120 heavy (non-hydrogen) atoms. The molecule has 0 amide bonds. The molecule has 11 aromatic rings. The van der Waals surface area contributed by atoms with E-state index in [-0.39, 0.29) is 54.3 Å². The van der Waals surface area contributed by atoms with Crippen molar-refractivity contribution in [2.24, 2.45) is 0 Å². The van der Waals surface area contributed by atoms with Gasteiger partial charge in [-0.1, -0.05) is 243 Å². The van der Waals surface area contributed by atoms with E-state index in [1.165, 1.54) is 0 Å². The Balaban J connectivity index is 0.693. The Morgan fingerprint density at radius 2 is 0.258 bits per heavy atom. The molecule has 0 radical (unpaired) electrons. The lowest BCUT2D eigenvalue weighted by Crippen LogP contribution is -2.43. The minimum atomic E-state index is -0.608. The molecule has 4 fully saturated rings. The Bertz CT molecular complexity index is 4790. The van der Waals surface area contributed by atoms with Crippen LogP contribution in [0.1, 0.15) is 147 Å². The first-order chi connectivity index (χ1) is 58.7. The van der Waals surface area contributed by atoms with E-state index in [4.69, 9.17) is 75.8 Å². The molecular formula is C104H114O16. The zero-order valence-corrected chi connectivity index (χ0v) is 70.8. The van der Waals surface area contributed by atoms with Crippen LogP contribution in [0.4, 0.5) is 0 Å². The second-order valence-electron chi connectivity index (χ2n) is 33.3. The first-order valence-electron chi connectivity index (χ1n) is 42.3. The van der Waals surface area contributed by atoms with Crippen LogP contribution >= 0.6 is 0 Å². The predicted octanol–water partition coefficient (Wildman–Crippen LogP) is 22.8. The van der Waals surface area contributed by atoms with E-state index in [1.807, 2.05) is 0 Å². The fourth-order valence-corrected chi connectivity index (χ4v) is 19.9. The van der Waals surface area contributed by atoms with Gasteiger partial charge < -0.3 is 75.8 Å². The minimum Gasteiger partial charge on any atom is -0.359 e. The summed E-state index contributed by atoms with van der Waals surface area (Å²) in [5, 5.41) is 2.32. The minimum absolute atomic E-state index is 0.159. The topological polar surface area (TPSA) is 148 Å². The van der Waals surface area contributed by atoms with Crippen LogP contribution in [0.2, 0.25) is 0 Å². The Hall–Kier alpha value is -8.96. The summed E-state index contributed by atoms with van der Waals surface area (Å²) in [6.45, 7) is 1.29. The van der Waals surface area contributed by atoms with E-state index in [9.17, 15) is 0 Å². The molecule has 0 N–H and O–H groups in total. The maximum absolute atomic E-state index is 6.80. The largest absolute Gasteiger partial charge is 0.359 e. The molecule has 11 aromatic carbocycles. The molecule has 0 aromatic heterocycles. The normalized spacial score (nSPS) is 24.7.